The number of anilines is 1. The summed E-state index contributed by atoms with van der Waals surface area (Å²) in [7, 11) is 1.89. The zero-order chi connectivity index (χ0) is 22.2. The van der Waals surface area contributed by atoms with Gasteiger partial charge in [0, 0.05) is 37.1 Å². The Morgan fingerprint density at radius 3 is 2.91 bits per heavy atom. The van der Waals surface area contributed by atoms with Crippen LogP contribution in [0.25, 0.3) is 21.5 Å². The Labute approximate surface area is 195 Å². The van der Waals surface area contributed by atoms with Crippen molar-refractivity contribution in [3.63, 3.8) is 0 Å². The first-order chi connectivity index (χ1) is 16.2. The molecule has 0 radical (unpaired) electrons. The third-order valence-electron chi connectivity index (χ3n) is 5.99. The standard InChI is InChI=1S/C26H23N5OS/c1-31-16-18(15-28-31)24-13-20(11-12-27-24)32-19-9-10-23-25(14-19)33-26(30-23)29-22-8-4-6-17-5-2-3-7-21(17)22/h2-3,5,7,9-16,22H,4,6,8H2,1H3,(H,29,30)/t22-/m1/s1. The molecular formula is C26H23N5OS. The van der Waals surface area contributed by atoms with Gasteiger partial charge in [-0.3, -0.25) is 9.67 Å². The quantitative estimate of drug-likeness (QED) is 0.335. The minimum atomic E-state index is 0.314. The molecule has 7 heteroatoms. The SMILES string of the molecule is Cn1cc(-c2cc(Oc3ccc4nc(N[C@@H]5CCCc6ccccc65)sc4c3)ccn2)cn1. The van der Waals surface area contributed by atoms with Crippen molar-refractivity contribution in [2.24, 2.45) is 7.05 Å². The molecule has 0 saturated carbocycles. The van der Waals surface area contributed by atoms with Crippen molar-refractivity contribution in [1.29, 1.82) is 0 Å². The van der Waals surface area contributed by atoms with Crippen molar-refractivity contribution in [1.82, 2.24) is 19.7 Å². The number of ether oxygens (including phenoxy) is 1. The molecule has 0 saturated heterocycles. The maximum Gasteiger partial charge on any atom is 0.184 e. The summed E-state index contributed by atoms with van der Waals surface area (Å²) in [5.74, 6) is 1.52. The third-order valence-corrected chi connectivity index (χ3v) is 6.94. The third kappa shape index (κ3) is 4.07. The van der Waals surface area contributed by atoms with Crippen LogP contribution in [0, 0.1) is 0 Å². The molecule has 1 N–H and O–H groups in total. The molecule has 6 rings (SSSR count). The smallest absolute Gasteiger partial charge is 0.184 e. The van der Waals surface area contributed by atoms with E-state index in [0.717, 1.165) is 50.9 Å². The number of hydrogen-bond acceptors (Lipinski definition) is 6. The molecule has 0 unspecified atom stereocenters. The van der Waals surface area contributed by atoms with Crippen LogP contribution in [0.5, 0.6) is 11.5 Å². The van der Waals surface area contributed by atoms with Crippen LogP contribution < -0.4 is 10.1 Å². The van der Waals surface area contributed by atoms with Gasteiger partial charge in [-0.05, 0) is 48.6 Å². The highest BCUT2D eigenvalue weighted by molar-refractivity contribution is 7.22. The second kappa shape index (κ2) is 8.33. The van der Waals surface area contributed by atoms with E-state index < -0.39 is 0 Å². The molecule has 6 nitrogen and oxygen atoms in total. The Hall–Kier alpha value is -3.71. The molecule has 0 bridgehead atoms. The number of thiazole rings is 1. The monoisotopic (exact) mass is 453 g/mol. The summed E-state index contributed by atoms with van der Waals surface area (Å²) >= 11 is 1.67. The molecule has 3 aromatic heterocycles. The molecule has 1 aliphatic rings. The van der Waals surface area contributed by atoms with Gasteiger partial charge in [-0.2, -0.15) is 5.10 Å². The average molecular weight is 454 g/mol. The minimum Gasteiger partial charge on any atom is -0.457 e. The molecule has 0 amide bonds. The Kier molecular flexibility index (Phi) is 5.03. The fourth-order valence-corrected chi connectivity index (χ4v) is 5.35. The van der Waals surface area contributed by atoms with Crippen LogP contribution in [0.4, 0.5) is 5.13 Å². The van der Waals surface area contributed by atoms with E-state index in [0.29, 0.717) is 6.04 Å². The molecule has 1 aliphatic carbocycles. The van der Waals surface area contributed by atoms with Crippen LogP contribution in [0.1, 0.15) is 30.0 Å². The molecule has 0 fully saturated rings. The molecule has 33 heavy (non-hydrogen) atoms. The van der Waals surface area contributed by atoms with E-state index in [1.165, 1.54) is 17.5 Å². The van der Waals surface area contributed by atoms with Gasteiger partial charge in [0.15, 0.2) is 5.13 Å². The van der Waals surface area contributed by atoms with Gasteiger partial charge in [0.05, 0.1) is 28.1 Å². The number of pyridine rings is 1. The molecule has 3 heterocycles. The summed E-state index contributed by atoms with van der Waals surface area (Å²) in [4.78, 5) is 9.26. The molecule has 164 valence electrons. The van der Waals surface area contributed by atoms with Crippen LogP contribution in [0.2, 0.25) is 0 Å². The number of benzene rings is 2. The van der Waals surface area contributed by atoms with Gasteiger partial charge in [0.1, 0.15) is 11.5 Å². The Balaban J connectivity index is 1.22. The van der Waals surface area contributed by atoms with Crippen molar-refractivity contribution in [2.45, 2.75) is 25.3 Å². The van der Waals surface area contributed by atoms with Crippen molar-refractivity contribution >= 4 is 26.7 Å². The highest BCUT2D eigenvalue weighted by atomic mass is 32.1. The van der Waals surface area contributed by atoms with Crippen LogP contribution in [0.15, 0.2) is 73.2 Å². The van der Waals surface area contributed by atoms with Crippen LogP contribution in [-0.4, -0.2) is 19.7 Å². The lowest BCUT2D eigenvalue weighted by atomic mass is 9.88. The second-order valence-corrected chi connectivity index (χ2v) is 9.35. The normalized spacial score (nSPS) is 15.4. The van der Waals surface area contributed by atoms with E-state index in [4.69, 9.17) is 9.72 Å². The zero-order valence-corrected chi connectivity index (χ0v) is 19.0. The average Bonchev–Trinajstić information content (AvgIpc) is 3.45. The molecule has 1 atom stereocenters. The summed E-state index contributed by atoms with van der Waals surface area (Å²) in [6, 6.07) is 18.9. The van der Waals surface area contributed by atoms with Gasteiger partial charge >= 0.3 is 0 Å². The van der Waals surface area contributed by atoms with E-state index in [9.17, 15) is 0 Å². The van der Waals surface area contributed by atoms with E-state index >= 15 is 0 Å². The van der Waals surface area contributed by atoms with Crippen molar-refractivity contribution in [2.75, 3.05) is 5.32 Å². The lowest BCUT2D eigenvalue weighted by Crippen LogP contribution is -2.17. The van der Waals surface area contributed by atoms with Crippen molar-refractivity contribution in [3.05, 3.63) is 84.3 Å². The first-order valence-corrected chi connectivity index (χ1v) is 11.9. The van der Waals surface area contributed by atoms with E-state index in [1.54, 1.807) is 28.4 Å². The first-order valence-electron chi connectivity index (χ1n) is 11.1. The van der Waals surface area contributed by atoms with Gasteiger partial charge in [-0.25, -0.2) is 4.98 Å². The highest BCUT2D eigenvalue weighted by Gasteiger charge is 2.20. The molecule has 2 aromatic carbocycles. The zero-order valence-electron chi connectivity index (χ0n) is 18.2. The van der Waals surface area contributed by atoms with Gasteiger partial charge in [-0.1, -0.05) is 35.6 Å². The highest BCUT2D eigenvalue weighted by Crippen LogP contribution is 2.36. The molecule has 0 spiro atoms. The van der Waals surface area contributed by atoms with Crippen LogP contribution >= 0.6 is 11.3 Å². The predicted octanol–water partition coefficient (Wildman–Crippen LogP) is 6.37. The largest absolute Gasteiger partial charge is 0.457 e. The van der Waals surface area contributed by atoms with E-state index in [-0.39, 0.29) is 0 Å². The van der Waals surface area contributed by atoms with Crippen LogP contribution in [0.3, 0.4) is 0 Å². The maximum absolute atomic E-state index is 6.15. The number of nitrogens with zero attached hydrogens (tertiary/aromatic N) is 4. The fraction of sp³-hybridized carbons (Fsp3) is 0.192. The number of hydrogen-bond donors (Lipinski definition) is 1. The number of aryl methyl sites for hydroxylation is 2. The summed E-state index contributed by atoms with van der Waals surface area (Å²) in [5.41, 5.74) is 5.61. The lowest BCUT2D eigenvalue weighted by Gasteiger charge is -2.26. The number of aromatic nitrogens is 4. The van der Waals surface area contributed by atoms with Gasteiger partial charge in [0.25, 0.3) is 0 Å². The summed E-state index contributed by atoms with van der Waals surface area (Å²) in [6.45, 7) is 0. The predicted molar refractivity (Wildman–Crippen MR) is 132 cm³/mol. The van der Waals surface area contributed by atoms with E-state index in [1.807, 2.05) is 37.5 Å². The Morgan fingerprint density at radius 2 is 2.00 bits per heavy atom. The maximum atomic E-state index is 6.15. The van der Waals surface area contributed by atoms with Gasteiger partial charge in [0.2, 0.25) is 0 Å². The van der Waals surface area contributed by atoms with Crippen LogP contribution in [-0.2, 0) is 13.5 Å². The second-order valence-electron chi connectivity index (χ2n) is 8.32. The summed E-state index contributed by atoms with van der Waals surface area (Å²) in [5, 5.41) is 8.85. The van der Waals surface area contributed by atoms with Crippen molar-refractivity contribution < 1.29 is 4.74 Å². The first kappa shape index (κ1) is 19.9. The minimum absolute atomic E-state index is 0.314. The Morgan fingerprint density at radius 1 is 1.09 bits per heavy atom. The van der Waals surface area contributed by atoms with Crippen molar-refractivity contribution in [3.8, 4) is 22.8 Å². The van der Waals surface area contributed by atoms with Gasteiger partial charge < -0.3 is 10.1 Å². The molecule has 0 aliphatic heterocycles. The number of rotatable bonds is 5. The summed E-state index contributed by atoms with van der Waals surface area (Å²) in [6.07, 6.45) is 8.98. The van der Waals surface area contributed by atoms with Gasteiger partial charge in [-0.15, -0.1) is 0 Å². The summed E-state index contributed by atoms with van der Waals surface area (Å²) < 4.78 is 9.01. The Bertz CT molecular complexity index is 1440. The number of nitrogens with one attached hydrogen (secondary N) is 1. The topological polar surface area (TPSA) is 64.9 Å². The molecule has 5 aromatic rings. The van der Waals surface area contributed by atoms with E-state index in [2.05, 4.69) is 45.7 Å². The fourth-order valence-electron chi connectivity index (χ4n) is 4.41. The number of fused-ring (bicyclic) bond motifs is 2. The molecular weight excluding hydrogens is 430 g/mol. The lowest BCUT2D eigenvalue weighted by molar-refractivity contribution is 0.483.